The fourth-order valence-electron chi connectivity index (χ4n) is 1.90. The molecule has 0 fully saturated rings. The van der Waals surface area contributed by atoms with Crippen molar-refractivity contribution in [1.29, 1.82) is 0 Å². The summed E-state index contributed by atoms with van der Waals surface area (Å²) in [7, 11) is 0.177. The van der Waals surface area contributed by atoms with Crippen LogP contribution in [0.4, 0.5) is 0 Å². The molecule has 0 aromatic heterocycles. The van der Waals surface area contributed by atoms with E-state index in [-0.39, 0.29) is 23.9 Å². The van der Waals surface area contributed by atoms with Gasteiger partial charge in [0.1, 0.15) is 6.54 Å². The quantitative estimate of drug-likeness (QED) is 0.384. The largest absolute Gasteiger partial charge is 0.471 e. The number of phosphoric ester groups is 1. The van der Waals surface area contributed by atoms with Gasteiger partial charge in [-0.05, 0) is 0 Å². The van der Waals surface area contributed by atoms with Crippen molar-refractivity contribution in [3.63, 3.8) is 0 Å². The standard InChI is InChI=1S/C11H22NO6P/c1-6-9(13)11(10(14)7-2,8-12(3,4)5)18-19(15,16)17/h6-8H2,1-5H3,(H-,15,16,17)/p+1. The first-order chi connectivity index (χ1) is 8.38. The summed E-state index contributed by atoms with van der Waals surface area (Å²) in [4.78, 5) is 42.2. The predicted octanol–water partition coefficient (Wildman–Crippen LogP) is 0.499. The van der Waals surface area contributed by atoms with Gasteiger partial charge in [-0.3, -0.25) is 14.1 Å². The van der Waals surface area contributed by atoms with Crippen LogP contribution in [-0.2, 0) is 18.7 Å². The number of hydrogen-bond donors (Lipinski definition) is 2. The van der Waals surface area contributed by atoms with Gasteiger partial charge in [-0.2, -0.15) is 0 Å². The number of carbonyl (C=O) groups is 2. The van der Waals surface area contributed by atoms with Gasteiger partial charge in [0.05, 0.1) is 21.1 Å². The molecule has 0 unspecified atom stereocenters. The Morgan fingerprint density at radius 1 is 1.11 bits per heavy atom. The number of nitrogens with zero attached hydrogens (tertiary/aromatic N) is 1. The molecule has 0 atom stereocenters. The first-order valence-electron chi connectivity index (χ1n) is 6.01. The van der Waals surface area contributed by atoms with Crippen LogP contribution in [0.3, 0.4) is 0 Å². The van der Waals surface area contributed by atoms with Crippen molar-refractivity contribution in [2.45, 2.75) is 32.3 Å². The zero-order valence-corrected chi connectivity index (χ0v) is 12.9. The lowest BCUT2D eigenvalue weighted by atomic mass is 9.89. The summed E-state index contributed by atoms with van der Waals surface area (Å²) < 4.78 is 16.0. The Labute approximate surface area is 113 Å². The molecule has 7 nitrogen and oxygen atoms in total. The Balaban J connectivity index is 5.80. The van der Waals surface area contributed by atoms with E-state index >= 15 is 0 Å². The van der Waals surface area contributed by atoms with Gasteiger partial charge in [0.15, 0.2) is 11.6 Å². The van der Waals surface area contributed by atoms with Gasteiger partial charge in [0.25, 0.3) is 0 Å². The second kappa shape index (κ2) is 6.24. The molecule has 112 valence electrons. The number of carbonyl (C=O) groups excluding carboxylic acids is 2. The van der Waals surface area contributed by atoms with Crippen molar-refractivity contribution < 1.29 is 32.9 Å². The van der Waals surface area contributed by atoms with Gasteiger partial charge in [0, 0.05) is 12.8 Å². The molecule has 0 aliphatic rings. The van der Waals surface area contributed by atoms with Crippen LogP contribution in [0.25, 0.3) is 0 Å². The first kappa shape index (κ1) is 18.4. The number of hydrogen-bond acceptors (Lipinski definition) is 4. The zero-order chi connectivity index (χ0) is 15.5. The minimum Gasteiger partial charge on any atom is -0.328 e. The van der Waals surface area contributed by atoms with Gasteiger partial charge < -0.3 is 14.3 Å². The number of phosphoric acid groups is 1. The van der Waals surface area contributed by atoms with E-state index in [0.717, 1.165) is 0 Å². The molecule has 0 amide bonds. The number of Topliss-reactive ketones (excluding diaryl/α,β-unsaturated/α-hetero) is 2. The Kier molecular flexibility index (Phi) is 6.05. The monoisotopic (exact) mass is 296 g/mol. The molecule has 0 radical (unpaired) electrons. The lowest BCUT2D eigenvalue weighted by Crippen LogP contribution is -2.59. The summed E-state index contributed by atoms with van der Waals surface area (Å²) in [6.07, 6.45) is -0.0719. The Bertz CT molecular complexity index is 378. The van der Waals surface area contributed by atoms with Crippen molar-refractivity contribution in [1.82, 2.24) is 0 Å². The number of likely N-dealkylation sites (N-methyl/N-ethyl adjacent to an activating group) is 1. The zero-order valence-electron chi connectivity index (χ0n) is 12.0. The van der Waals surface area contributed by atoms with E-state index in [1.54, 1.807) is 21.1 Å². The smallest absolute Gasteiger partial charge is 0.328 e. The molecular weight excluding hydrogens is 273 g/mol. The van der Waals surface area contributed by atoms with Crippen molar-refractivity contribution in [3.05, 3.63) is 0 Å². The minimum atomic E-state index is -4.96. The molecule has 0 saturated carbocycles. The third kappa shape index (κ3) is 5.50. The van der Waals surface area contributed by atoms with E-state index in [2.05, 4.69) is 4.52 Å². The summed E-state index contributed by atoms with van der Waals surface area (Å²) in [5.41, 5.74) is -2.08. The minimum absolute atomic E-state index is 0.0360. The van der Waals surface area contributed by atoms with Gasteiger partial charge in [-0.25, -0.2) is 4.57 Å². The fraction of sp³-hybridized carbons (Fsp3) is 0.818. The van der Waals surface area contributed by atoms with Crippen molar-refractivity contribution in [3.8, 4) is 0 Å². The molecule has 0 spiro atoms. The molecule has 0 bridgehead atoms. The van der Waals surface area contributed by atoms with E-state index in [0.29, 0.717) is 0 Å². The second-order valence-electron chi connectivity index (χ2n) is 5.41. The molecule has 0 rings (SSSR count). The summed E-state index contributed by atoms with van der Waals surface area (Å²) >= 11 is 0. The molecule has 0 aromatic carbocycles. The Hall–Kier alpha value is -0.590. The lowest BCUT2D eigenvalue weighted by molar-refractivity contribution is -0.874. The third-order valence-electron chi connectivity index (χ3n) is 2.51. The van der Waals surface area contributed by atoms with Gasteiger partial charge in [-0.1, -0.05) is 13.8 Å². The van der Waals surface area contributed by atoms with E-state index in [9.17, 15) is 14.2 Å². The van der Waals surface area contributed by atoms with E-state index in [1.807, 2.05) is 0 Å². The Morgan fingerprint density at radius 2 is 1.47 bits per heavy atom. The van der Waals surface area contributed by atoms with Gasteiger partial charge >= 0.3 is 7.82 Å². The summed E-state index contributed by atoms with van der Waals surface area (Å²) in [5.74, 6) is -1.23. The highest BCUT2D eigenvalue weighted by Gasteiger charge is 2.52. The average molecular weight is 296 g/mol. The third-order valence-corrected chi connectivity index (χ3v) is 3.06. The van der Waals surface area contributed by atoms with Gasteiger partial charge in [0.2, 0.25) is 5.60 Å². The van der Waals surface area contributed by atoms with Crippen LogP contribution in [0.15, 0.2) is 0 Å². The maximum absolute atomic E-state index is 12.1. The van der Waals surface area contributed by atoms with E-state index in [1.165, 1.54) is 13.8 Å². The van der Waals surface area contributed by atoms with Crippen LogP contribution in [-0.4, -0.2) is 59.1 Å². The van der Waals surface area contributed by atoms with Crippen LogP contribution in [0.5, 0.6) is 0 Å². The molecule has 0 aliphatic carbocycles. The lowest BCUT2D eigenvalue weighted by Gasteiger charge is -2.36. The number of ketones is 2. The van der Waals surface area contributed by atoms with Crippen molar-refractivity contribution >= 4 is 19.4 Å². The predicted molar refractivity (Wildman–Crippen MR) is 69.4 cm³/mol. The topological polar surface area (TPSA) is 101 Å². The van der Waals surface area contributed by atoms with Crippen LogP contribution >= 0.6 is 7.82 Å². The number of rotatable bonds is 8. The maximum Gasteiger partial charge on any atom is 0.471 e. The Morgan fingerprint density at radius 3 is 1.68 bits per heavy atom. The van der Waals surface area contributed by atoms with E-state index in [4.69, 9.17) is 9.79 Å². The highest BCUT2D eigenvalue weighted by molar-refractivity contribution is 7.46. The highest BCUT2D eigenvalue weighted by atomic mass is 31.2. The van der Waals surface area contributed by atoms with Crippen molar-refractivity contribution in [2.24, 2.45) is 0 Å². The summed E-state index contributed by atoms with van der Waals surface area (Å²) in [5, 5.41) is 0. The molecule has 0 aliphatic heterocycles. The van der Waals surface area contributed by atoms with Crippen LogP contribution in [0.1, 0.15) is 26.7 Å². The summed E-state index contributed by atoms with van der Waals surface area (Å²) in [6, 6.07) is 0. The number of quaternary nitrogens is 1. The summed E-state index contributed by atoms with van der Waals surface area (Å²) in [6.45, 7) is 2.93. The molecule has 19 heavy (non-hydrogen) atoms. The molecule has 0 aromatic rings. The molecule has 8 heteroatoms. The first-order valence-corrected chi connectivity index (χ1v) is 7.54. The maximum atomic E-state index is 12.1. The molecule has 0 heterocycles. The second-order valence-corrected chi connectivity index (χ2v) is 6.57. The molecule has 2 N–H and O–H groups in total. The van der Waals surface area contributed by atoms with Gasteiger partial charge in [-0.15, -0.1) is 0 Å². The molecule has 0 saturated heterocycles. The van der Waals surface area contributed by atoms with Crippen molar-refractivity contribution in [2.75, 3.05) is 27.7 Å². The van der Waals surface area contributed by atoms with Crippen LogP contribution in [0.2, 0.25) is 0 Å². The van der Waals surface area contributed by atoms with Crippen LogP contribution in [0, 0.1) is 0 Å². The highest BCUT2D eigenvalue weighted by Crippen LogP contribution is 2.43. The molecular formula is C11H23NO6P+. The van der Waals surface area contributed by atoms with E-state index < -0.39 is 25.0 Å². The average Bonchev–Trinajstić information content (AvgIpc) is 2.21. The van der Waals surface area contributed by atoms with Crippen LogP contribution < -0.4 is 0 Å². The normalized spacial score (nSPS) is 13.4. The SMILES string of the molecule is CCC(=O)C(C[N+](C)(C)C)(OP(=O)(O)O)C(=O)CC. The fourth-order valence-corrected chi connectivity index (χ4v) is 2.57.